The van der Waals surface area contributed by atoms with Crippen LogP contribution in [0.5, 0.6) is 5.75 Å². The second kappa shape index (κ2) is 8.63. The number of hydrogen-bond donors (Lipinski definition) is 3. The molecule has 0 amide bonds. The van der Waals surface area contributed by atoms with E-state index in [9.17, 15) is 4.79 Å². The van der Waals surface area contributed by atoms with Gasteiger partial charge in [0.1, 0.15) is 5.75 Å². The average molecular weight is 397 g/mol. The van der Waals surface area contributed by atoms with Gasteiger partial charge in [0, 0.05) is 29.7 Å². The number of hydrogen-bond acceptors (Lipinski definition) is 4. The molecule has 0 aliphatic carbocycles. The van der Waals surface area contributed by atoms with E-state index >= 15 is 0 Å². The average Bonchev–Trinajstić information content (AvgIpc) is 3.35. The first-order valence-corrected chi connectivity index (χ1v) is 10.6. The van der Waals surface area contributed by atoms with E-state index < -0.39 is 6.16 Å². The summed E-state index contributed by atoms with van der Waals surface area (Å²) in [6, 6.07) is 8.08. The highest BCUT2D eigenvalue weighted by atomic mass is 32.1. The zero-order valence-electron chi connectivity index (χ0n) is 15.6. The summed E-state index contributed by atoms with van der Waals surface area (Å²) in [5, 5.41) is 17.8. The maximum Gasteiger partial charge on any atom is 0.511 e. The van der Waals surface area contributed by atoms with Crippen LogP contribution >= 0.6 is 11.3 Å². The first-order chi connectivity index (χ1) is 13.7. The van der Waals surface area contributed by atoms with Crippen molar-refractivity contribution in [3.63, 3.8) is 0 Å². The number of aryl methyl sites for hydroxylation is 1. The highest BCUT2D eigenvalue weighted by molar-refractivity contribution is 7.08. The van der Waals surface area contributed by atoms with Crippen LogP contribution in [0.4, 0.5) is 4.79 Å². The monoisotopic (exact) mass is 396 g/mol. The molecule has 1 unspecified atom stereocenters. The molecule has 6 heteroatoms. The molecule has 1 aliphatic heterocycles. The van der Waals surface area contributed by atoms with E-state index in [1.807, 2.05) is 12.3 Å². The fourth-order valence-electron chi connectivity index (χ4n) is 3.89. The zero-order chi connectivity index (χ0) is 19.3. The van der Waals surface area contributed by atoms with Gasteiger partial charge < -0.3 is 20.1 Å². The van der Waals surface area contributed by atoms with Gasteiger partial charge in [0.05, 0.1) is 0 Å². The molecule has 1 aliphatic rings. The molecule has 0 bridgehead atoms. The van der Waals surface area contributed by atoms with Crippen LogP contribution < -0.4 is 10.1 Å². The molecule has 5 nitrogen and oxygen atoms in total. The van der Waals surface area contributed by atoms with Crippen molar-refractivity contribution in [2.45, 2.75) is 38.1 Å². The fraction of sp³-hybridized carbons (Fsp3) is 0.318. The number of carboxylic acid groups (broad SMARTS) is 1. The standard InChI is InChI=1S/C22H24N2O3S/c25-22(26)27-19-5-6-21-20(12-19)16(13-24-21)3-1-2-4-18-11-15(7-9-23-18)17-8-10-28-14-17/h5-8,10,12-14,18,23-24H,1-4,9,11H2,(H,25,26). The van der Waals surface area contributed by atoms with Gasteiger partial charge >= 0.3 is 6.16 Å². The van der Waals surface area contributed by atoms with Crippen LogP contribution in [0.3, 0.4) is 0 Å². The van der Waals surface area contributed by atoms with Crippen LogP contribution in [-0.4, -0.2) is 28.8 Å². The summed E-state index contributed by atoms with van der Waals surface area (Å²) in [4.78, 5) is 14.0. The molecule has 146 valence electrons. The minimum Gasteiger partial charge on any atom is -0.449 e. The van der Waals surface area contributed by atoms with Crippen molar-refractivity contribution in [1.82, 2.24) is 10.3 Å². The highest BCUT2D eigenvalue weighted by Gasteiger charge is 2.16. The summed E-state index contributed by atoms with van der Waals surface area (Å²) in [5.41, 5.74) is 5.05. The Hall–Kier alpha value is -2.57. The zero-order valence-corrected chi connectivity index (χ0v) is 16.4. The quantitative estimate of drug-likeness (QED) is 0.282. The minimum absolute atomic E-state index is 0.361. The number of aromatic nitrogens is 1. The summed E-state index contributed by atoms with van der Waals surface area (Å²) in [7, 11) is 0. The van der Waals surface area contributed by atoms with Crippen molar-refractivity contribution in [2.75, 3.05) is 6.54 Å². The number of unbranched alkanes of at least 4 members (excludes halogenated alkanes) is 1. The first kappa shape index (κ1) is 18.8. The van der Waals surface area contributed by atoms with Crippen LogP contribution in [0.2, 0.25) is 0 Å². The number of aromatic amines is 1. The number of ether oxygens (including phenoxy) is 1. The van der Waals surface area contributed by atoms with Gasteiger partial charge in [0.15, 0.2) is 0 Å². The summed E-state index contributed by atoms with van der Waals surface area (Å²) >= 11 is 1.75. The Morgan fingerprint density at radius 2 is 2.21 bits per heavy atom. The number of H-pyrrole nitrogens is 1. The number of benzene rings is 1. The molecule has 3 N–H and O–H groups in total. The molecule has 4 rings (SSSR count). The van der Waals surface area contributed by atoms with Gasteiger partial charge in [-0.1, -0.05) is 12.5 Å². The minimum atomic E-state index is -1.28. The molecule has 1 aromatic carbocycles. The van der Waals surface area contributed by atoms with Crippen molar-refractivity contribution >= 4 is 34.0 Å². The molecule has 0 saturated heterocycles. The third kappa shape index (κ3) is 4.46. The molecule has 28 heavy (non-hydrogen) atoms. The third-order valence-corrected chi connectivity index (χ3v) is 5.99. The molecular weight excluding hydrogens is 372 g/mol. The van der Waals surface area contributed by atoms with Crippen LogP contribution in [0.25, 0.3) is 16.5 Å². The third-order valence-electron chi connectivity index (χ3n) is 5.31. The number of fused-ring (bicyclic) bond motifs is 1. The normalized spacial score (nSPS) is 16.9. The van der Waals surface area contributed by atoms with Crippen molar-refractivity contribution in [1.29, 1.82) is 0 Å². The lowest BCUT2D eigenvalue weighted by molar-refractivity contribution is 0.144. The van der Waals surface area contributed by atoms with Gasteiger partial charge in [-0.15, -0.1) is 0 Å². The predicted octanol–water partition coefficient (Wildman–Crippen LogP) is 5.44. The maximum atomic E-state index is 10.7. The lowest BCUT2D eigenvalue weighted by atomic mass is 9.93. The van der Waals surface area contributed by atoms with Crippen LogP contribution in [0.1, 0.15) is 36.8 Å². The van der Waals surface area contributed by atoms with Gasteiger partial charge in [-0.2, -0.15) is 11.3 Å². The van der Waals surface area contributed by atoms with Gasteiger partial charge in [0.25, 0.3) is 0 Å². The Bertz CT molecular complexity index is 975. The molecule has 0 spiro atoms. The number of rotatable bonds is 7. The van der Waals surface area contributed by atoms with Gasteiger partial charge in [0.2, 0.25) is 0 Å². The van der Waals surface area contributed by atoms with Gasteiger partial charge in [-0.05, 0) is 77.4 Å². The van der Waals surface area contributed by atoms with E-state index in [0.717, 1.165) is 49.6 Å². The Balaban J connectivity index is 1.29. The van der Waals surface area contributed by atoms with E-state index in [0.29, 0.717) is 11.8 Å². The lowest BCUT2D eigenvalue weighted by Crippen LogP contribution is -2.32. The molecule has 0 fully saturated rings. The molecule has 0 saturated carbocycles. The van der Waals surface area contributed by atoms with E-state index in [2.05, 4.69) is 33.2 Å². The van der Waals surface area contributed by atoms with Crippen molar-refractivity contribution in [2.24, 2.45) is 0 Å². The molecule has 3 aromatic rings. The Kier molecular flexibility index (Phi) is 5.78. The first-order valence-electron chi connectivity index (χ1n) is 9.65. The van der Waals surface area contributed by atoms with Crippen LogP contribution in [0, 0.1) is 0 Å². The van der Waals surface area contributed by atoms with Gasteiger partial charge in [-0.25, -0.2) is 4.79 Å². The largest absolute Gasteiger partial charge is 0.511 e. The molecular formula is C22H24N2O3S. The smallest absolute Gasteiger partial charge is 0.449 e. The van der Waals surface area contributed by atoms with E-state index in [1.54, 1.807) is 23.5 Å². The van der Waals surface area contributed by atoms with E-state index in [-0.39, 0.29) is 0 Å². The summed E-state index contributed by atoms with van der Waals surface area (Å²) in [6.45, 7) is 0.949. The molecule has 2 aromatic heterocycles. The van der Waals surface area contributed by atoms with Gasteiger partial charge in [-0.3, -0.25) is 0 Å². The summed E-state index contributed by atoms with van der Waals surface area (Å²) in [6.07, 6.45) is 8.53. The molecule has 3 heterocycles. The second-order valence-corrected chi connectivity index (χ2v) is 7.97. The summed E-state index contributed by atoms with van der Waals surface area (Å²) in [5.74, 6) is 0.361. The predicted molar refractivity (Wildman–Crippen MR) is 113 cm³/mol. The SMILES string of the molecule is O=C(O)Oc1ccc2[nH]cc(CCCCC3CC(c4ccsc4)=CCN3)c2c1. The number of nitrogens with one attached hydrogen (secondary N) is 2. The maximum absolute atomic E-state index is 10.7. The topological polar surface area (TPSA) is 74.3 Å². The number of carbonyl (C=O) groups is 1. The Morgan fingerprint density at radius 1 is 1.29 bits per heavy atom. The van der Waals surface area contributed by atoms with Crippen molar-refractivity contribution in [3.8, 4) is 5.75 Å². The summed E-state index contributed by atoms with van der Waals surface area (Å²) < 4.78 is 4.78. The van der Waals surface area contributed by atoms with E-state index in [4.69, 9.17) is 9.84 Å². The van der Waals surface area contributed by atoms with E-state index in [1.165, 1.54) is 16.7 Å². The van der Waals surface area contributed by atoms with Crippen molar-refractivity contribution < 1.29 is 14.6 Å². The Labute approximate surface area is 168 Å². The van der Waals surface area contributed by atoms with Crippen molar-refractivity contribution in [3.05, 3.63) is 58.4 Å². The molecule has 1 atom stereocenters. The highest BCUT2D eigenvalue weighted by Crippen LogP contribution is 2.27. The molecule has 0 radical (unpaired) electrons. The second-order valence-electron chi connectivity index (χ2n) is 7.19. The fourth-order valence-corrected chi connectivity index (χ4v) is 4.57. The van der Waals surface area contributed by atoms with Crippen LogP contribution in [0.15, 0.2) is 47.3 Å². The van der Waals surface area contributed by atoms with Crippen LogP contribution in [-0.2, 0) is 6.42 Å². The lowest BCUT2D eigenvalue weighted by Gasteiger charge is -2.24. The Morgan fingerprint density at radius 3 is 3.04 bits per heavy atom. The number of thiophene rings is 1.